The van der Waals surface area contributed by atoms with E-state index in [4.69, 9.17) is 5.73 Å². The van der Waals surface area contributed by atoms with Gasteiger partial charge in [0.15, 0.2) is 0 Å². The van der Waals surface area contributed by atoms with Gasteiger partial charge in [0, 0.05) is 25.0 Å². The highest BCUT2D eigenvalue weighted by atomic mass is 16.5. The Kier molecular flexibility index (Phi) is 5.43. The molecule has 0 radical (unpaired) electrons. The Morgan fingerprint density at radius 2 is 2.28 bits per heavy atom. The van der Waals surface area contributed by atoms with Crippen LogP contribution in [0.3, 0.4) is 0 Å². The van der Waals surface area contributed by atoms with Gasteiger partial charge in [-0.15, -0.1) is 0 Å². The summed E-state index contributed by atoms with van der Waals surface area (Å²) < 4.78 is 4.56. The number of primary amides is 1. The molecule has 0 fully saturated rings. The van der Waals surface area contributed by atoms with Crippen LogP contribution in [0.1, 0.15) is 17.4 Å². The lowest BCUT2D eigenvalue weighted by Gasteiger charge is -2.07. The molecule has 2 amide bonds. The van der Waals surface area contributed by atoms with Crippen molar-refractivity contribution < 1.29 is 14.3 Å². The molecular weight excluding hydrogens is 236 g/mol. The number of aromatic nitrogens is 1. The van der Waals surface area contributed by atoms with Gasteiger partial charge >= 0.3 is 6.09 Å². The molecule has 0 spiro atoms. The van der Waals surface area contributed by atoms with Crippen LogP contribution in [-0.4, -0.2) is 36.7 Å². The van der Waals surface area contributed by atoms with Gasteiger partial charge in [-0.25, -0.2) is 4.79 Å². The normalized spacial score (nSPS) is 9.61. The van der Waals surface area contributed by atoms with Crippen molar-refractivity contribution in [3.8, 4) is 0 Å². The van der Waals surface area contributed by atoms with Crippen LogP contribution in [0.4, 0.5) is 10.5 Å². The molecule has 0 aliphatic rings. The van der Waals surface area contributed by atoms with Crippen LogP contribution in [-0.2, 0) is 4.74 Å². The molecule has 0 aromatic carbocycles. The van der Waals surface area contributed by atoms with E-state index < -0.39 is 6.09 Å². The Bertz CT molecular complexity index is 423. The fourth-order valence-corrected chi connectivity index (χ4v) is 1.26. The molecule has 1 heterocycles. The van der Waals surface area contributed by atoms with Crippen molar-refractivity contribution in [3.05, 3.63) is 24.0 Å². The van der Waals surface area contributed by atoms with Crippen LogP contribution in [0, 0.1) is 0 Å². The zero-order valence-electron chi connectivity index (χ0n) is 10.1. The van der Waals surface area contributed by atoms with Gasteiger partial charge in [-0.05, 0) is 19.1 Å². The van der Waals surface area contributed by atoms with Crippen molar-refractivity contribution >= 4 is 17.7 Å². The van der Waals surface area contributed by atoms with Crippen molar-refractivity contribution in [3.63, 3.8) is 0 Å². The predicted molar refractivity (Wildman–Crippen MR) is 66.3 cm³/mol. The molecule has 0 atom stereocenters. The third-order valence-electron chi connectivity index (χ3n) is 2.01. The van der Waals surface area contributed by atoms with Crippen LogP contribution < -0.4 is 16.4 Å². The average molecular weight is 252 g/mol. The maximum Gasteiger partial charge on any atom is 0.404 e. The second-order valence-electron chi connectivity index (χ2n) is 3.38. The summed E-state index contributed by atoms with van der Waals surface area (Å²) in [6.07, 6.45) is 0.719. The summed E-state index contributed by atoms with van der Waals surface area (Å²) in [6.45, 7) is 2.95. The van der Waals surface area contributed by atoms with Gasteiger partial charge in [0.2, 0.25) is 0 Å². The number of amides is 2. The van der Waals surface area contributed by atoms with E-state index >= 15 is 0 Å². The molecule has 0 bridgehead atoms. The summed E-state index contributed by atoms with van der Waals surface area (Å²) in [7, 11) is 0. The van der Waals surface area contributed by atoms with E-state index in [2.05, 4.69) is 20.4 Å². The Morgan fingerprint density at radius 1 is 1.50 bits per heavy atom. The number of ether oxygens (including phenoxy) is 1. The lowest BCUT2D eigenvalue weighted by Crippen LogP contribution is -2.24. The number of nitrogens with zero attached hydrogens (tertiary/aromatic N) is 1. The summed E-state index contributed by atoms with van der Waals surface area (Å²) in [5.74, 6) is -0.227. The van der Waals surface area contributed by atoms with Crippen molar-refractivity contribution in [2.24, 2.45) is 5.73 Å². The Labute approximate surface area is 105 Å². The lowest BCUT2D eigenvalue weighted by molar-refractivity contribution is 0.0951. The number of pyridine rings is 1. The quantitative estimate of drug-likeness (QED) is 0.633. The van der Waals surface area contributed by atoms with E-state index in [0.29, 0.717) is 18.8 Å². The standard InChI is InChI=1S/C11H16N4O3/c1-2-13-10(16)9-7-8(3-4-15-9)14-5-6-18-11(12)17/h3-4,7H,2,5-6H2,1H3,(H2,12,17)(H,13,16)(H,14,15). The zero-order chi connectivity index (χ0) is 13.4. The van der Waals surface area contributed by atoms with E-state index in [1.807, 2.05) is 6.92 Å². The number of nitrogens with two attached hydrogens (primary N) is 1. The van der Waals surface area contributed by atoms with Crippen LogP contribution in [0.25, 0.3) is 0 Å². The van der Waals surface area contributed by atoms with E-state index in [-0.39, 0.29) is 12.5 Å². The maximum absolute atomic E-state index is 11.5. The largest absolute Gasteiger partial charge is 0.448 e. The van der Waals surface area contributed by atoms with Crippen molar-refractivity contribution in [2.45, 2.75) is 6.92 Å². The molecular formula is C11H16N4O3. The lowest BCUT2D eigenvalue weighted by atomic mass is 10.3. The average Bonchev–Trinajstić information content (AvgIpc) is 2.35. The fourth-order valence-electron chi connectivity index (χ4n) is 1.26. The molecule has 7 nitrogen and oxygen atoms in total. The van der Waals surface area contributed by atoms with Gasteiger partial charge in [-0.1, -0.05) is 0 Å². The summed E-state index contributed by atoms with van der Waals surface area (Å²) in [6, 6.07) is 3.34. The number of hydrogen-bond acceptors (Lipinski definition) is 5. The summed E-state index contributed by atoms with van der Waals surface area (Å²) in [5.41, 5.74) is 5.87. The fraction of sp³-hybridized carbons (Fsp3) is 0.364. The first-order valence-electron chi connectivity index (χ1n) is 5.54. The molecule has 1 aromatic heterocycles. The third-order valence-corrected chi connectivity index (χ3v) is 2.01. The first-order valence-corrected chi connectivity index (χ1v) is 5.54. The summed E-state index contributed by atoms with van der Waals surface area (Å²) >= 11 is 0. The molecule has 0 saturated heterocycles. The van der Waals surface area contributed by atoms with Crippen LogP contribution in [0.5, 0.6) is 0 Å². The van der Waals surface area contributed by atoms with Crippen LogP contribution in [0.2, 0.25) is 0 Å². The monoisotopic (exact) mass is 252 g/mol. The van der Waals surface area contributed by atoms with E-state index in [0.717, 1.165) is 5.69 Å². The second kappa shape index (κ2) is 7.10. The van der Waals surface area contributed by atoms with Crippen LogP contribution in [0.15, 0.2) is 18.3 Å². The van der Waals surface area contributed by atoms with Crippen molar-refractivity contribution in [1.29, 1.82) is 0 Å². The van der Waals surface area contributed by atoms with Gasteiger partial charge < -0.3 is 21.1 Å². The highest BCUT2D eigenvalue weighted by Gasteiger charge is 2.06. The molecule has 0 aliphatic heterocycles. The topological polar surface area (TPSA) is 106 Å². The highest BCUT2D eigenvalue weighted by Crippen LogP contribution is 2.07. The first kappa shape index (κ1) is 13.8. The van der Waals surface area contributed by atoms with Gasteiger partial charge in [-0.2, -0.15) is 0 Å². The smallest absolute Gasteiger partial charge is 0.404 e. The minimum absolute atomic E-state index is 0.161. The number of rotatable bonds is 6. The molecule has 1 rings (SSSR count). The minimum atomic E-state index is -0.811. The molecule has 0 unspecified atom stereocenters. The molecule has 18 heavy (non-hydrogen) atoms. The number of anilines is 1. The summed E-state index contributed by atoms with van der Waals surface area (Å²) in [5, 5.41) is 5.64. The Hall–Kier alpha value is -2.31. The third kappa shape index (κ3) is 4.69. The Balaban J connectivity index is 2.49. The maximum atomic E-state index is 11.5. The molecule has 1 aromatic rings. The summed E-state index contributed by atoms with van der Waals surface area (Å²) in [4.78, 5) is 25.8. The van der Waals surface area contributed by atoms with Crippen LogP contribution >= 0.6 is 0 Å². The van der Waals surface area contributed by atoms with E-state index in [1.54, 1.807) is 12.1 Å². The molecule has 0 aliphatic carbocycles. The minimum Gasteiger partial charge on any atom is -0.448 e. The number of hydrogen-bond donors (Lipinski definition) is 3. The van der Waals surface area contributed by atoms with E-state index in [9.17, 15) is 9.59 Å². The van der Waals surface area contributed by atoms with E-state index in [1.165, 1.54) is 6.20 Å². The Morgan fingerprint density at radius 3 is 2.94 bits per heavy atom. The number of nitrogens with one attached hydrogen (secondary N) is 2. The molecule has 4 N–H and O–H groups in total. The van der Waals surface area contributed by atoms with Gasteiger partial charge in [0.25, 0.3) is 5.91 Å². The first-order chi connectivity index (χ1) is 8.63. The van der Waals surface area contributed by atoms with Gasteiger partial charge in [0.1, 0.15) is 12.3 Å². The SMILES string of the molecule is CCNC(=O)c1cc(NCCOC(N)=O)ccn1. The van der Waals surface area contributed by atoms with Gasteiger partial charge in [0.05, 0.1) is 0 Å². The van der Waals surface area contributed by atoms with Gasteiger partial charge in [-0.3, -0.25) is 9.78 Å². The zero-order valence-corrected chi connectivity index (χ0v) is 10.1. The van der Waals surface area contributed by atoms with Crippen molar-refractivity contribution in [1.82, 2.24) is 10.3 Å². The predicted octanol–water partition coefficient (Wildman–Crippen LogP) is 0.338. The highest BCUT2D eigenvalue weighted by molar-refractivity contribution is 5.93. The number of carbonyl (C=O) groups excluding carboxylic acids is 2. The second-order valence-corrected chi connectivity index (χ2v) is 3.38. The molecule has 98 valence electrons. The molecule has 0 saturated carbocycles. The number of carbonyl (C=O) groups is 2. The van der Waals surface area contributed by atoms with Crippen molar-refractivity contribution in [2.75, 3.05) is 25.0 Å². The molecule has 7 heteroatoms.